The quantitative estimate of drug-likeness (QED) is 0.596. The molecule has 1 aliphatic rings. The van der Waals surface area contributed by atoms with Crippen LogP contribution in [0.25, 0.3) is 10.9 Å². The number of carbonyl (C=O) groups is 1. The number of aromatic nitrogens is 2. The third-order valence-electron chi connectivity index (χ3n) is 3.65. The fourth-order valence-corrected chi connectivity index (χ4v) is 3.40. The van der Waals surface area contributed by atoms with Crippen molar-refractivity contribution in [2.24, 2.45) is 0 Å². The molecule has 0 saturated heterocycles. The predicted octanol–water partition coefficient (Wildman–Crippen LogP) is 0.984. The number of hydrogen-bond acceptors (Lipinski definition) is 6. The third-order valence-corrected chi connectivity index (χ3v) is 5.00. The van der Waals surface area contributed by atoms with Gasteiger partial charge in [0.1, 0.15) is 11.9 Å². The van der Waals surface area contributed by atoms with E-state index in [1.807, 2.05) is 0 Å². The van der Waals surface area contributed by atoms with Gasteiger partial charge in [0.25, 0.3) is 14.6 Å². The summed E-state index contributed by atoms with van der Waals surface area (Å²) in [6.07, 6.45) is 0.895. The van der Waals surface area contributed by atoms with E-state index in [1.54, 1.807) is 0 Å². The summed E-state index contributed by atoms with van der Waals surface area (Å²) in [6.45, 7) is 0. The zero-order chi connectivity index (χ0) is 16.1. The molecule has 0 saturated carbocycles. The SMILES string of the molecule is COC(=O)[C@@H]1CCc2nc3ccc(S(=O)(=O)Cl)cc3c(=O)n21. The Morgan fingerprint density at radius 1 is 1.45 bits per heavy atom. The van der Waals surface area contributed by atoms with Crippen LogP contribution in [-0.2, 0) is 25.0 Å². The summed E-state index contributed by atoms with van der Waals surface area (Å²) in [5.74, 6) is -0.0440. The number of fused-ring (bicyclic) bond motifs is 2. The van der Waals surface area contributed by atoms with Gasteiger partial charge in [-0.15, -0.1) is 0 Å². The molecule has 1 aliphatic heterocycles. The Morgan fingerprint density at radius 2 is 2.18 bits per heavy atom. The smallest absolute Gasteiger partial charge is 0.329 e. The zero-order valence-electron chi connectivity index (χ0n) is 11.4. The van der Waals surface area contributed by atoms with Gasteiger partial charge in [0.15, 0.2) is 0 Å². The van der Waals surface area contributed by atoms with Crippen molar-refractivity contribution in [1.82, 2.24) is 9.55 Å². The van der Waals surface area contributed by atoms with Gasteiger partial charge < -0.3 is 4.74 Å². The first-order valence-electron chi connectivity index (χ1n) is 6.40. The van der Waals surface area contributed by atoms with Crippen molar-refractivity contribution >= 4 is 36.6 Å². The molecular weight excluding hydrogens is 332 g/mol. The Balaban J connectivity index is 2.29. The van der Waals surface area contributed by atoms with Crippen molar-refractivity contribution in [2.75, 3.05) is 7.11 Å². The molecule has 3 rings (SSSR count). The normalized spacial score (nSPS) is 17.5. The number of aryl methyl sites for hydroxylation is 1. The molecule has 1 aromatic carbocycles. The summed E-state index contributed by atoms with van der Waals surface area (Å²) >= 11 is 0. The number of hydrogen-bond donors (Lipinski definition) is 0. The summed E-state index contributed by atoms with van der Waals surface area (Å²) < 4.78 is 28.8. The molecule has 0 unspecified atom stereocenters. The lowest BCUT2D eigenvalue weighted by molar-refractivity contribution is -0.144. The molecule has 0 fully saturated rings. The molecule has 116 valence electrons. The Bertz CT molecular complexity index is 951. The topological polar surface area (TPSA) is 95.3 Å². The van der Waals surface area contributed by atoms with Crippen LogP contribution in [0, 0.1) is 0 Å². The molecule has 0 radical (unpaired) electrons. The first-order valence-corrected chi connectivity index (χ1v) is 8.71. The molecule has 7 nitrogen and oxygen atoms in total. The van der Waals surface area contributed by atoms with E-state index in [4.69, 9.17) is 15.4 Å². The summed E-state index contributed by atoms with van der Waals surface area (Å²) in [4.78, 5) is 28.5. The highest BCUT2D eigenvalue weighted by Crippen LogP contribution is 2.26. The molecule has 0 spiro atoms. The predicted molar refractivity (Wildman–Crippen MR) is 78.4 cm³/mol. The summed E-state index contributed by atoms with van der Waals surface area (Å²) in [5, 5.41) is 0.0984. The Hall–Kier alpha value is -1.93. The minimum absolute atomic E-state index is 0.0984. The molecule has 1 aromatic heterocycles. The molecule has 0 N–H and O–H groups in total. The zero-order valence-corrected chi connectivity index (χ0v) is 13.0. The molecule has 0 bridgehead atoms. The van der Waals surface area contributed by atoms with Gasteiger partial charge in [-0.3, -0.25) is 9.36 Å². The van der Waals surface area contributed by atoms with E-state index in [2.05, 4.69) is 4.98 Å². The Morgan fingerprint density at radius 3 is 2.82 bits per heavy atom. The van der Waals surface area contributed by atoms with Crippen molar-refractivity contribution in [3.63, 3.8) is 0 Å². The molecule has 2 heterocycles. The number of benzene rings is 1. The number of methoxy groups -OCH3 is 1. The lowest BCUT2D eigenvalue weighted by atomic mass is 10.2. The number of halogens is 1. The van der Waals surface area contributed by atoms with Gasteiger partial charge in [-0.2, -0.15) is 0 Å². The van der Waals surface area contributed by atoms with Gasteiger partial charge in [-0.1, -0.05) is 0 Å². The second-order valence-corrected chi connectivity index (χ2v) is 7.46. The minimum atomic E-state index is -3.95. The monoisotopic (exact) mass is 342 g/mol. The van der Waals surface area contributed by atoms with Gasteiger partial charge in [-0.05, 0) is 24.6 Å². The maximum Gasteiger partial charge on any atom is 0.329 e. The maximum atomic E-state index is 12.6. The Labute approximate surface area is 129 Å². The van der Waals surface area contributed by atoms with Crippen LogP contribution in [0.2, 0.25) is 0 Å². The number of esters is 1. The van der Waals surface area contributed by atoms with Crippen LogP contribution in [0.1, 0.15) is 18.3 Å². The van der Waals surface area contributed by atoms with E-state index in [1.165, 1.54) is 29.9 Å². The highest BCUT2D eigenvalue weighted by atomic mass is 35.7. The summed E-state index contributed by atoms with van der Waals surface area (Å²) in [5.41, 5.74) is -0.110. The van der Waals surface area contributed by atoms with Crippen LogP contribution in [0.4, 0.5) is 0 Å². The molecule has 0 aliphatic carbocycles. The molecule has 9 heteroatoms. The van der Waals surface area contributed by atoms with E-state index in [0.717, 1.165) is 0 Å². The molecule has 0 amide bonds. The van der Waals surface area contributed by atoms with Crippen LogP contribution in [0.5, 0.6) is 0 Å². The number of carbonyl (C=O) groups excluding carboxylic acids is 1. The molecular formula is C13H11ClN2O5S. The van der Waals surface area contributed by atoms with Crippen molar-refractivity contribution in [1.29, 1.82) is 0 Å². The van der Waals surface area contributed by atoms with Crippen molar-refractivity contribution in [3.8, 4) is 0 Å². The van der Waals surface area contributed by atoms with Gasteiger partial charge in [-0.25, -0.2) is 18.2 Å². The van der Waals surface area contributed by atoms with Crippen LogP contribution in [0.15, 0.2) is 27.9 Å². The summed E-state index contributed by atoms with van der Waals surface area (Å²) in [6, 6.07) is 3.16. The number of ether oxygens (including phenoxy) is 1. The van der Waals surface area contributed by atoms with Crippen LogP contribution in [-0.4, -0.2) is 31.0 Å². The first-order chi connectivity index (χ1) is 10.3. The lowest BCUT2D eigenvalue weighted by Crippen LogP contribution is -2.29. The highest BCUT2D eigenvalue weighted by molar-refractivity contribution is 8.13. The van der Waals surface area contributed by atoms with Gasteiger partial charge in [0.05, 0.1) is 22.9 Å². The maximum absolute atomic E-state index is 12.6. The summed E-state index contributed by atoms with van der Waals surface area (Å²) in [7, 11) is 2.59. The minimum Gasteiger partial charge on any atom is -0.467 e. The van der Waals surface area contributed by atoms with Crippen molar-refractivity contribution in [2.45, 2.75) is 23.8 Å². The van der Waals surface area contributed by atoms with E-state index in [9.17, 15) is 18.0 Å². The standard InChI is InChI=1S/C13H11ClN2O5S/c1-21-13(18)10-4-5-11-15-9-3-2-7(22(14,19)20)6-8(9)12(17)16(10)11/h2-3,6,10H,4-5H2,1H3/t10-/m0/s1. The van der Waals surface area contributed by atoms with Crippen LogP contribution < -0.4 is 5.56 Å². The largest absolute Gasteiger partial charge is 0.467 e. The van der Waals surface area contributed by atoms with Gasteiger partial charge >= 0.3 is 5.97 Å². The van der Waals surface area contributed by atoms with Gasteiger partial charge in [0.2, 0.25) is 0 Å². The fourth-order valence-electron chi connectivity index (χ4n) is 2.63. The first kappa shape index (κ1) is 15.0. The second kappa shape index (κ2) is 5.06. The van der Waals surface area contributed by atoms with Crippen molar-refractivity contribution in [3.05, 3.63) is 34.4 Å². The highest BCUT2D eigenvalue weighted by Gasteiger charge is 2.32. The molecule has 1 atom stereocenters. The number of rotatable bonds is 2. The molecule has 2 aromatic rings. The number of nitrogens with zero attached hydrogens (tertiary/aromatic N) is 2. The van der Waals surface area contributed by atoms with E-state index >= 15 is 0 Å². The van der Waals surface area contributed by atoms with Crippen LogP contribution in [0.3, 0.4) is 0 Å². The van der Waals surface area contributed by atoms with Crippen LogP contribution >= 0.6 is 10.7 Å². The average Bonchev–Trinajstić information content (AvgIpc) is 2.89. The average molecular weight is 343 g/mol. The fraction of sp³-hybridized carbons (Fsp3) is 0.308. The Kier molecular flexibility index (Phi) is 3.45. The van der Waals surface area contributed by atoms with E-state index < -0.39 is 26.6 Å². The van der Waals surface area contributed by atoms with Gasteiger partial charge in [0, 0.05) is 17.1 Å². The van der Waals surface area contributed by atoms with E-state index in [-0.39, 0.29) is 10.3 Å². The van der Waals surface area contributed by atoms with Crippen molar-refractivity contribution < 1.29 is 17.9 Å². The second-order valence-electron chi connectivity index (χ2n) is 4.90. The lowest BCUT2D eigenvalue weighted by Gasteiger charge is -2.12. The molecule has 22 heavy (non-hydrogen) atoms. The third kappa shape index (κ3) is 2.28. The van der Waals surface area contributed by atoms with E-state index in [0.29, 0.717) is 24.2 Å².